The molecule has 0 radical (unpaired) electrons. The van der Waals surface area contributed by atoms with Crippen molar-refractivity contribution in [1.29, 1.82) is 0 Å². The number of hydrogen-bond donors (Lipinski definition) is 0. The molecule has 25 heavy (non-hydrogen) atoms. The van der Waals surface area contributed by atoms with Crippen molar-refractivity contribution in [3.8, 4) is 0 Å². The summed E-state index contributed by atoms with van der Waals surface area (Å²) in [6, 6.07) is 0.266. The summed E-state index contributed by atoms with van der Waals surface area (Å²) in [5, 5.41) is 0. The van der Waals surface area contributed by atoms with Crippen molar-refractivity contribution in [1.82, 2.24) is 0 Å². The van der Waals surface area contributed by atoms with E-state index >= 15 is 0 Å². The maximum Gasteiger partial charge on any atom is 0.474 e. The Balaban J connectivity index is 5.75. The van der Waals surface area contributed by atoms with Gasteiger partial charge in [0.15, 0.2) is 25.0 Å². The average Bonchev–Trinajstić information content (AvgIpc) is 2.28. The summed E-state index contributed by atoms with van der Waals surface area (Å²) in [4.78, 5) is 12.2. The van der Waals surface area contributed by atoms with Crippen molar-refractivity contribution in [2.75, 3.05) is 6.61 Å². The first kappa shape index (κ1) is 24.7. The molecular weight excluding hydrogens is 385 g/mol. The Bertz CT molecular complexity index is 445. The van der Waals surface area contributed by atoms with Crippen LogP contribution in [0, 0.1) is 0 Å². The van der Waals surface area contributed by atoms with Crippen LogP contribution in [-0.4, -0.2) is 46.3 Å². The standard InChI is InChI=1S/C16H36O5Si4/c1-12-13-18-16(17)15(2)14-25(19-22(3,4)5,20-23(6,7)8)21-24(9,10)11/h12H,1-2,13-14H2,3-11H3. The van der Waals surface area contributed by atoms with E-state index in [-0.39, 0.29) is 12.7 Å². The molecule has 0 aliphatic heterocycles. The lowest BCUT2D eigenvalue weighted by Crippen LogP contribution is -2.60. The van der Waals surface area contributed by atoms with E-state index in [2.05, 4.69) is 72.1 Å². The van der Waals surface area contributed by atoms with Gasteiger partial charge in [-0.2, -0.15) is 0 Å². The molecule has 5 nitrogen and oxygen atoms in total. The second kappa shape index (κ2) is 9.07. The molecule has 0 fully saturated rings. The van der Waals surface area contributed by atoms with Gasteiger partial charge in [-0.15, -0.1) is 0 Å². The molecule has 0 aromatic carbocycles. The highest BCUT2D eigenvalue weighted by Gasteiger charge is 2.51. The largest absolute Gasteiger partial charge is 0.474 e. The number of hydrogen-bond acceptors (Lipinski definition) is 5. The topological polar surface area (TPSA) is 54.0 Å². The Hall–Kier alpha value is -0.302. The van der Waals surface area contributed by atoms with Gasteiger partial charge in [-0.3, -0.25) is 0 Å². The SMILES string of the molecule is C=CCOC(=O)C(=C)C[Si](O[Si](C)(C)C)(O[Si](C)(C)C)O[Si](C)(C)C. The van der Waals surface area contributed by atoms with Crippen LogP contribution in [0.2, 0.25) is 65.0 Å². The van der Waals surface area contributed by atoms with Gasteiger partial charge in [0.25, 0.3) is 0 Å². The van der Waals surface area contributed by atoms with Crippen LogP contribution >= 0.6 is 0 Å². The molecule has 0 aromatic heterocycles. The molecule has 0 saturated heterocycles. The Morgan fingerprint density at radius 3 is 1.48 bits per heavy atom. The molecule has 146 valence electrons. The quantitative estimate of drug-likeness (QED) is 0.209. The summed E-state index contributed by atoms with van der Waals surface area (Å²) in [7, 11) is -9.03. The van der Waals surface area contributed by atoms with Crippen LogP contribution in [0.1, 0.15) is 0 Å². The molecule has 0 spiro atoms. The van der Waals surface area contributed by atoms with Crippen molar-refractivity contribution in [3.05, 3.63) is 24.8 Å². The second-order valence-corrected chi connectivity index (χ2v) is 25.8. The Morgan fingerprint density at radius 1 is 0.840 bits per heavy atom. The van der Waals surface area contributed by atoms with Crippen LogP contribution in [0.15, 0.2) is 24.8 Å². The van der Waals surface area contributed by atoms with Gasteiger partial charge >= 0.3 is 14.8 Å². The molecule has 0 aliphatic rings. The van der Waals surface area contributed by atoms with E-state index < -0.39 is 39.7 Å². The van der Waals surface area contributed by atoms with Gasteiger partial charge in [-0.25, -0.2) is 4.79 Å². The number of carbonyl (C=O) groups is 1. The summed E-state index contributed by atoms with van der Waals surface area (Å²) in [5.74, 6) is -0.450. The highest BCUT2D eigenvalue weighted by molar-refractivity contribution is 6.90. The predicted octanol–water partition coefficient (Wildman–Crippen LogP) is 4.77. The van der Waals surface area contributed by atoms with Crippen LogP contribution in [0.5, 0.6) is 0 Å². The van der Waals surface area contributed by atoms with Gasteiger partial charge in [0.2, 0.25) is 0 Å². The molecule has 0 saturated carbocycles. The molecular formula is C16H36O5Si4. The molecule has 9 heteroatoms. The Labute approximate surface area is 158 Å². The van der Waals surface area contributed by atoms with Gasteiger partial charge in [-0.05, 0) is 58.9 Å². The minimum absolute atomic E-state index is 0.158. The van der Waals surface area contributed by atoms with Crippen LogP contribution < -0.4 is 0 Å². The summed E-state index contributed by atoms with van der Waals surface area (Å²) < 4.78 is 24.7. The van der Waals surface area contributed by atoms with Crippen LogP contribution in [0.4, 0.5) is 0 Å². The van der Waals surface area contributed by atoms with E-state index in [0.29, 0.717) is 5.57 Å². The summed E-state index contributed by atoms with van der Waals surface area (Å²) in [6.45, 7) is 26.6. The van der Waals surface area contributed by atoms with Crippen molar-refractivity contribution < 1.29 is 21.9 Å². The molecule has 0 rings (SSSR count). The van der Waals surface area contributed by atoms with E-state index in [0.717, 1.165) is 0 Å². The lowest BCUT2D eigenvalue weighted by molar-refractivity contribution is -0.137. The van der Waals surface area contributed by atoms with Crippen molar-refractivity contribution >= 4 is 39.7 Å². The third kappa shape index (κ3) is 11.8. The first-order chi connectivity index (χ1) is 11.0. The lowest BCUT2D eigenvalue weighted by Gasteiger charge is -2.42. The Kier molecular flexibility index (Phi) is 8.96. The van der Waals surface area contributed by atoms with Crippen molar-refractivity contribution in [2.45, 2.75) is 65.0 Å². The predicted molar refractivity (Wildman–Crippen MR) is 114 cm³/mol. The van der Waals surface area contributed by atoms with E-state index in [1.54, 1.807) is 0 Å². The van der Waals surface area contributed by atoms with Crippen LogP contribution in [0.25, 0.3) is 0 Å². The number of ether oxygens (including phenoxy) is 1. The third-order valence-electron chi connectivity index (χ3n) is 2.44. The van der Waals surface area contributed by atoms with Gasteiger partial charge in [0, 0.05) is 11.6 Å². The molecule has 0 atom stereocenters. The maximum absolute atomic E-state index is 12.2. The highest BCUT2D eigenvalue weighted by Crippen LogP contribution is 2.31. The molecule has 0 unspecified atom stereocenters. The van der Waals surface area contributed by atoms with Gasteiger partial charge in [0.05, 0.1) is 0 Å². The van der Waals surface area contributed by atoms with Crippen LogP contribution in [0.3, 0.4) is 0 Å². The summed E-state index contributed by atoms with van der Waals surface area (Å²) in [5.41, 5.74) is 0.336. The zero-order valence-electron chi connectivity index (χ0n) is 17.4. The third-order valence-corrected chi connectivity index (χ3v) is 14.4. The van der Waals surface area contributed by atoms with E-state index in [9.17, 15) is 4.79 Å². The summed E-state index contributed by atoms with van der Waals surface area (Å²) >= 11 is 0. The zero-order chi connectivity index (χ0) is 20.1. The maximum atomic E-state index is 12.2. The minimum Gasteiger partial charge on any atom is -0.458 e. The van der Waals surface area contributed by atoms with Crippen molar-refractivity contribution in [2.24, 2.45) is 0 Å². The van der Waals surface area contributed by atoms with Crippen molar-refractivity contribution in [3.63, 3.8) is 0 Å². The smallest absolute Gasteiger partial charge is 0.458 e. The highest BCUT2D eigenvalue weighted by atomic mass is 28.5. The number of esters is 1. The zero-order valence-corrected chi connectivity index (χ0v) is 21.4. The van der Waals surface area contributed by atoms with Gasteiger partial charge < -0.3 is 17.1 Å². The fourth-order valence-electron chi connectivity index (χ4n) is 2.14. The number of rotatable bonds is 11. The second-order valence-electron chi connectivity index (χ2n) is 8.99. The minimum atomic E-state index is -3.11. The molecule has 0 aliphatic carbocycles. The lowest BCUT2D eigenvalue weighted by atomic mass is 10.3. The van der Waals surface area contributed by atoms with E-state index in [4.69, 9.17) is 17.1 Å². The van der Waals surface area contributed by atoms with Gasteiger partial charge in [0.1, 0.15) is 6.61 Å². The van der Waals surface area contributed by atoms with E-state index in [1.165, 1.54) is 6.08 Å². The van der Waals surface area contributed by atoms with E-state index in [1.807, 2.05) is 0 Å². The molecule has 0 heterocycles. The normalized spacial score (nSPS) is 13.5. The molecule has 0 aromatic rings. The monoisotopic (exact) mass is 420 g/mol. The Morgan fingerprint density at radius 2 is 1.20 bits per heavy atom. The fourth-order valence-corrected chi connectivity index (χ4v) is 16.5. The fraction of sp³-hybridized carbons (Fsp3) is 0.688. The molecule has 0 amide bonds. The van der Waals surface area contributed by atoms with Crippen LogP contribution in [-0.2, 0) is 21.9 Å². The first-order valence-electron chi connectivity index (χ1n) is 8.55. The molecule has 0 bridgehead atoms. The summed E-state index contributed by atoms with van der Waals surface area (Å²) in [6.07, 6.45) is 1.53. The van der Waals surface area contributed by atoms with Gasteiger partial charge in [-0.1, -0.05) is 19.2 Å². The molecule has 0 N–H and O–H groups in total. The average molecular weight is 421 g/mol. The number of carbonyl (C=O) groups excluding carboxylic acids is 1. The first-order valence-corrected chi connectivity index (χ1v) is 20.7.